The molecule has 0 aliphatic carbocycles. The average molecular weight is 486 g/mol. The fourth-order valence-electron chi connectivity index (χ4n) is 4.62. The number of amides is 1. The number of nitrogens with zero attached hydrogens (tertiary/aromatic N) is 2. The number of hydrogen-bond acceptors (Lipinski definition) is 6. The van der Waals surface area contributed by atoms with Crippen LogP contribution in [0.2, 0.25) is 0 Å². The van der Waals surface area contributed by atoms with E-state index >= 15 is 0 Å². The summed E-state index contributed by atoms with van der Waals surface area (Å²) in [6.45, 7) is 8.60. The van der Waals surface area contributed by atoms with Crippen LogP contribution < -0.4 is 21.3 Å². The first-order valence-electron chi connectivity index (χ1n) is 12.1. The van der Waals surface area contributed by atoms with Crippen molar-refractivity contribution in [1.29, 1.82) is 0 Å². The van der Waals surface area contributed by atoms with Crippen molar-refractivity contribution in [1.82, 2.24) is 15.6 Å². The van der Waals surface area contributed by atoms with Gasteiger partial charge in [0.2, 0.25) is 0 Å². The number of nitrogen functional groups attached to an aromatic ring is 1. The minimum atomic E-state index is -0.139. The fourth-order valence-corrected chi connectivity index (χ4v) is 5.68. The van der Waals surface area contributed by atoms with Crippen molar-refractivity contribution in [2.75, 3.05) is 43.4 Å². The smallest absolute Gasteiger partial charge is 0.263 e. The van der Waals surface area contributed by atoms with Crippen LogP contribution in [-0.4, -0.2) is 43.6 Å². The van der Waals surface area contributed by atoms with Crippen molar-refractivity contribution in [3.05, 3.63) is 76.3 Å². The van der Waals surface area contributed by atoms with Crippen LogP contribution in [0.4, 0.5) is 11.4 Å². The molecule has 1 fully saturated rings. The first-order valence-corrected chi connectivity index (χ1v) is 12.9. The van der Waals surface area contributed by atoms with Gasteiger partial charge in [-0.15, -0.1) is 11.3 Å². The first-order chi connectivity index (χ1) is 17.0. The molecule has 0 bridgehead atoms. The molecule has 2 aromatic heterocycles. The van der Waals surface area contributed by atoms with Gasteiger partial charge in [0.15, 0.2) is 0 Å². The fraction of sp³-hybridized carbons (Fsp3) is 0.286. The lowest BCUT2D eigenvalue weighted by molar-refractivity contribution is 0.0959. The van der Waals surface area contributed by atoms with Crippen LogP contribution in [0.1, 0.15) is 26.5 Å². The number of carbonyl (C=O) groups is 1. The van der Waals surface area contributed by atoms with E-state index in [0.29, 0.717) is 17.1 Å². The molecule has 1 saturated heterocycles. The van der Waals surface area contributed by atoms with Gasteiger partial charge in [-0.1, -0.05) is 35.9 Å². The van der Waals surface area contributed by atoms with Crippen molar-refractivity contribution in [3.8, 4) is 11.1 Å². The predicted octanol–water partition coefficient (Wildman–Crippen LogP) is 4.54. The Bertz CT molecular complexity index is 1370. The van der Waals surface area contributed by atoms with Crippen LogP contribution >= 0.6 is 11.3 Å². The lowest BCUT2D eigenvalue weighted by Crippen LogP contribution is -2.43. The molecule has 6 nitrogen and oxygen atoms in total. The number of nitrogens with one attached hydrogen (secondary N) is 2. The Morgan fingerprint density at radius 3 is 2.74 bits per heavy atom. The maximum atomic E-state index is 12.9. The monoisotopic (exact) mass is 485 g/mol. The normalized spacial score (nSPS) is 13.8. The molecule has 0 saturated carbocycles. The molecular formula is C28H31N5OS. The van der Waals surface area contributed by atoms with Gasteiger partial charge in [-0.25, -0.2) is 4.98 Å². The third-order valence-corrected chi connectivity index (χ3v) is 7.60. The summed E-state index contributed by atoms with van der Waals surface area (Å²) in [6.07, 6.45) is 0.745. The number of thiophene rings is 1. The number of fused-ring (bicyclic) bond motifs is 1. The number of rotatable bonds is 6. The summed E-state index contributed by atoms with van der Waals surface area (Å²) in [7, 11) is 0. The van der Waals surface area contributed by atoms with Gasteiger partial charge in [-0.3, -0.25) is 4.79 Å². The molecule has 35 heavy (non-hydrogen) atoms. The van der Waals surface area contributed by atoms with Gasteiger partial charge in [0.25, 0.3) is 5.91 Å². The number of anilines is 2. The largest absolute Gasteiger partial charge is 0.397 e. The number of hydrogen-bond donors (Lipinski definition) is 3. The Labute approximate surface area is 210 Å². The Kier molecular flexibility index (Phi) is 6.70. The van der Waals surface area contributed by atoms with Gasteiger partial charge in [0.05, 0.1) is 5.69 Å². The van der Waals surface area contributed by atoms with Gasteiger partial charge in [0, 0.05) is 55.1 Å². The number of nitrogens with two attached hydrogens (primary N) is 1. The zero-order valence-electron chi connectivity index (χ0n) is 20.2. The Balaban J connectivity index is 1.33. The third kappa shape index (κ3) is 5.01. The predicted molar refractivity (Wildman–Crippen MR) is 147 cm³/mol. The molecule has 4 aromatic rings. The standard InChI is InChI=1S/C28H31N5OS/c1-18-4-3-5-21(16-18)23-17-20(7-9-24(23)33-14-12-30-13-15-33)10-11-31-27(34)26-25(29)22-8-6-19(2)32-28(22)35-26/h3-9,16-17,30H,10-15,29H2,1-2H3,(H,31,34). The van der Waals surface area contributed by atoms with Crippen LogP contribution in [0.15, 0.2) is 54.6 Å². The number of carbonyl (C=O) groups excluding carboxylic acids is 1. The lowest BCUT2D eigenvalue weighted by atomic mass is 9.97. The minimum Gasteiger partial charge on any atom is -0.397 e. The lowest BCUT2D eigenvalue weighted by Gasteiger charge is -2.31. The minimum absolute atomic E-state index is 0.139. The van der Waals surface area contributed by atoms with E-state index in [9.17, 15) is 4.79 Å². The molecule has 1 amide bonds. The van der Waals surface area contributed by atoms with E-state index in [4.69, 9.17) is 5.73 Å². The van der Waals surface area contributed by atoms with Crippen molar-refractivity contribution in [3.63, 3.8) is 0 Å². The van der Waals surface area contributed by atoms with Crippen LogP contribution in [0.3, 0.4) is 0 Å². The summed E-state index contributed by atoms with van der Waals surface area (Å²) < 4.78 is 0. The summed E-state index contributed by atoms with van der Waals surface area (Å²) in [4.78, 5) is 21.2. The molecular weight excluding hydrogens is 454 g/mol. The molecule has 7 heteroatoms. The van der Waals surface area contributed by atoms with Crippen LogP contribution in [0.5, 0.6) is 0 Å². The molecule has 4 N–H and O–H groups in total. The highest BCUT2D eigenvalue weighted by Gasteiger charge is 2.18. The van der Waals surface area contributed by atoms with E-state index in [-0.39, 0.29) is 5.91 Å². The van der Waals surface area contributed by atoms with Gasteiger partial charge < -0.3 is 21.3 Å². The summed E-state index contributed by atoms with van der Waals surface area (Å²) in [5.74, 6) is -0.139. The molecule has 2 aromatic carbocycles. The molecule has 0 spiro atoms. The second kappa shape index (κ2) is 10.1. The highest BCUT2D eigenvalue weighted by atomic mass is 32.1. The summed E-state index contributed by atoms with van der Waals surface area (Å²) in [6, 6.07) is 19.2. The molecule has 1 aliphatic rings. The molecule has 180 valence electrons. The molecule has 1 aliphatic heterocycles. The highest BCUT2D eigenvalue weighted by molar-refractivity contribution is 7.21. The van der Waals surface area contributed by atoms with E-state index in [1.165, 1.54) is 39.3 Å². The molecule has 0 unspecified atom stereocenters. The molecule has 0 radical (unpaired) electrons. The Morgan fingerprint density at radius 1 is 1.11 bits per heavy atom. The van der Waals surface area contributed by atoms with Crippen molar-refractivity contribution >= 4 is 38.8 Å². The van der Waals surface area contributed by atoms with Crippen molar-refractivity contribution in [2.24, 2.45) is 0 Å². The summed E-state index contributed by atoms with van der Waals surface area (Å²) in [5, 5.41) is 7.34. The third-order valence-electron chi connectivity index (χ3n) is 6.49. The van der Waals surface area contributed by atoms with Gasteiger partial charge >= 0.3 is 0 Å². The topological polar surface area (TPSA) is 83.3 Å². The Hall–Kier alpha value is -3.42. The number of piperazine rings is 1. The van der Waals surface area contributed by atoms with Crippen LogP contribution in [0, 0.1) is 13.8 Å². The van der Waals surface area contributed by atoms with Crippen LogP contribution in [-0.2, 0) is 6.42 Å². The second-order valence-corrected chi connectivity index (χ2v) is 10.1. The van der Waals surface area contributed by atoms with E-state index in [1.54, 1.807) is 0 Å². The average Bonchev–Trinajstić information content (AvgIpc) is 3.20. The molecule has 3 heterocycles. The van der Waals surface area contributed by atoms with Crippen molar-refractivity contribution < 1.29 is 4.79 Å². The molecule has 0 atom stereocenters. The molecule has 5 rings (SSSR count). The van der Waals surface area contributed by atoms with E-state index < -0.39 is 0 Å². The Morgan fingerprint density at radius 2 is 1.94 bits per heavy atom. The first kappa shape index (κ1) is 23.3. The number of benzene rings is 2. The van der Waals surface area contributed by atoms with Gasteiger partial charge in [-0.05, 0) is 55.7 Å². The zero-order chi connectivity index (χ0) is 24.4. The van der Waals surface area contributed by atoms with Gasteiger partial charge in [0.1, 0.15) is 9.71 Å². The number of aromatic nitrogens is 1. The maximum absolute atomic E-state index is 12.9. The number of pyridine rings is 1. The van der Waals surface area contributed by atoms with E-state index in [0.717, 1.165) is 48.5 Å². The van der Waals surface area contributed by atoms with Gasteiger partial charge in [-0.2, -0.15) is 0 Å². The van der Waals surface area contributed by atoms with Crippen LogP contribution in [0.25, 0.3) is 21.3 Å². The maximum Gasteiger partial charge on any atom is 0.263 e. The summed E-state index contributed by atoms with van der Waals surface area (Å²) in [5.41, 5.74) is 13.9. The van der Waals surface area contributed by atoms with Crippen molar-refractivity contribution in [2.45, 2.75) is 20.3 Å². The summed E-state index contributed by atoms with van der Waals surface area (Å²) >= 11 is 1.35. The quantitative estimate of drug-likeness (QED) is 0.373. The zero-order valence-corrected chi connectivity index (χ0v) is 21.0. The van der Waals surface area contributed by atoms with E-state index in [2.05, 4.69) is 69.9 Å². The SMILES string of the molecule is Cc1cccc(-c2cc(CCNC(=O)c3sc4nc(C)ccc4c3N)ccc2N2CCNCC2)c1. The highest BCUT2D eigenvalue weighted by Crippen LogP contribution is 2.34. The number of aryl methyl sites for hydroxylation is 2. The second-order valence-electron chi connectivity index (χ2n) is 9.11. The van der Waals surface area contributed by atoms with E-state index in [1.807, 2.05) is 19.1 Å².